The van der Waals surface area contributed by atoms with Gasteiger partial charge in [-0.15, -0.1) is 0 Å². The maximum absolute atomic E-state index is 13.1. The molecule has 10 heteroatoms. The lowest BCUT2D eigenvalue weighted by atomic mass is 10.1. The van der Waals surface area contributed by atoms with E-state index in [-0.39, 0.29) is 11.4 Å². The number of hydrogen-bond acceptors (Lipinski definition) is 8. The van der Waals surface area contributed by atoms with Crippen molar-refractivity contribution in [2.24, 2.45) is 0 Å². The lowest BCUT2D eigenvalue weighted by Crippen LogP contribution is -2.27. The molecule has 3 heterocycles. The van der Waals surface area contributed by atoms with Gasteiger partial charge in [0.1, 0.15) is 19.0 Å². The molecule has 152 valence electrons. The van der Waals surface area contributed by atoms with Crippen LogP contribution in [0.15, 0.2) is 39.9 Å². The normalized spacial score (nSPS) is 13.7. The Labute approximate surface area is 168 Å². The number of benzene rings is 1. The molecule has 0 spiro atoms. The third-order valence-electron chi connectivity index (χ3n) is 4.48. The van der Waals surface area contributed by atoms with Gasteiger partial charge in [0.15, 0.2) is 17.3 Å². The molecule has 1 aromatic carbocycles. The van der Waals surface area contributed by atoms with E-state index in [2.05, 4.69) is 15.1 Å². The van der Waals surface area contributed by atoms with Gasteiger partial charge in [0, 0.05) is 25.4 Å². The van der Waals surface area contributed by atoms with E-state index in [9.17, 15) is 8.42 Å². The summed E-state index contributed by atoms with van der Waals surface area (Å²) >= 11 is 0. The van der Waals surface area contributed by atoms with E-state index in [1.165, 1.54) is 23.5 Å². The molecular weight excluding hydrogens is 396 g/mol. The molecule has 9 nitrogen and oxygen atoms in total. The standard InChI is InChI=1S/C19H20N4O5S/c1-12-8-18(28-22-12)15-10-20-13(2)21-16(15)11-23(3)29(24,25)14-4-5-17-19(9-14)27-7-6-26-17/h4-5,8-10H,6-7,11H2,1-3H3. The Morgan fingerprint density at radius 3 is 2.59 bits per heavy atom. The van der Waals surface area contributed by atoms with Crippen LogP contribution in [0.2, 0.25) is 0 Å². The third-order valence-corrected chi connectivity index (χ3v) is 6.28. The summed E-state index contributed by atoms with van der Waals surface area (Å²) in [6, 6.07) is 6.34. The Balaban J connectivity index is 1.65. The lowest BCUT2D eigenvalue weighted by molar-refractivity contribution is 0.171. The largest absolute Gasteiger partial charge is 0.486 e. The first-order valence-corrected chi connectivity index (χ1v) is 10.4. The minimum Gasteiger partial charge on any atom is -0.486 e. The van der Waals surface area contributed by atoms with Crippen molar-refractivity contribution in [3.8, 4) is 22.8 Å². The molecule has 29 heavy (non-hydrogen) atoms. The maximum Gasteiger partial charge on any atom is 0.243 e. The van der Waals surface area contributed by atoms with Gasteiger partial charge in [-0.05, 0) is 26.0 Å². The topological polar surface area (TPSA) is 108 Å². The van der Waals surface area contributed by atoms with E-state index < -0.39 is 10.0 Å². The second-order valence-electron chi connectivity index (χ2n) is 6.68. The summed E-state index contributed by atoms with van der Waals surface area (Å²) in [6.07, 6.45) is 1.61. The van der Waals surface area contributed by atoms with Gasteiger partial charge in [0.05, 0.1) is 28.4 Å². The molecule has 4 rings (SSSR count). The van der Waals surface area contributed by atoms with Crippen molar-refractivity contribution in [3.05, 3.63) is 47.7 Å². The van der Waals surface area contributed by atoms with E-state index in [1.54, 1.807) is 32.2 Å². The zero-order valence-electron chi connectivity index (χ0n) is 16.2. The molecule has 0 fully saturated rings. The van der Waals surface area contributed by atoms with Crippen LogP contribution in [0.1, 0.15) is 17.2 Å². The predicted molar refractivity (Wildman–Crippen MR) is 103 cm³/mol. The molecule has 1 aliphatic heterocycles. The number of aromatic nitrogens is 3. The second kappa shape index (κ2) is 7.45. The molecule has 1 aliphatic rings. The third kappa shape index (κ3) is 3.81. The summed E-state index contributed by atoms with van der Waals surface area (Å²) in [5, 5.41) is 3.88. The molecule has 0 atom stereocenters. The van der Waals surface area contributed by atoms with Gasteiger partial charge in [-0.1, -0.05) is 5.16 Å². The van der Waals surface area contributed by atoms with E-state index in [4.69, 9.17) is 14.0 Å². The molecule has 3 aromatic rings. The molecule has 0 saturated carbocycles. The maximum atomic E-state index is 13.1. The Kier molecular flexibility index (Phi) is 4.97. The number of hydrogen-bond donors (Lipinski definition) is 0. The summed E-state index contributed by atoms with van der Waals surface area (Å²) in [7, 11) is -2.29. The zero-order valence-corrected chi connectivity index (χ0v) is 17.1. The van der Waals surface area contributed by atoms with Crippen molar-refractivity contribution >= 4 is 10.0 Å². The summed E-state index contributed by atoms with van der Waals surface area (Å²) in [6.45, 7) is 4.41. The first kappa shape index (κ1) is 19.3. The lowest BCUT2D eigenvalue weighted by Gasteiger charge is -2.21. The highest BCUT2D eigenvalue weighted by Crippen LogP contribution is 2.33. The van der Waals surface area contributed by atoms with Crippen LogP contribution < -0.4 is 9.47 Å². The molecule has 0 saturated heterocycles. The van der Waals surface area contributed by atoms with Crippen molar-refractivity contribution in [1.82, 2.24) is 19.4 Å². The first-order valence-electron chi connectivity index (χ1n) is 8.97. The smallest absolute Gasteiger partial charge is 0.243 e. The average molecular weight is 416 g/mol. The van der Waals surface area contributed by atoms with E-state index in [0.717, 1.165) is 0 Å². The fourth-order valence-corrected chi connectivity index (χ4v) is 4.14. The second-order valence-corrected chi connectivity index (χ2v) is 8.72. The first-order chi connectivity index (χ1) is 13.8. The van der Waals surface area contributed by atoms with Crippen molar-refractivity contribution in [2.45, 2.75) is 25.3 Å². The van der Waals surface area contributed by atoms with Crippen molar-refractivity contribution in [1.29, 1.82) is 0 Å². The SMILES string of the molecule is Cc1cc(-c2cnc(C)nc2CN(C)S(=O)(=O)c2ccc3c(c2)OCCO3)on1. The Hall–Kier alpha value is -2.98. The summed E-state index contributed by atoms with van der Waals surface area (Å²) in [5.41, 5.74) is 1.83. The van der Waals surface area contributed by atoms with Crippen LogP contribution in [-0.2, 0) is 16.6 Å². The van der Waals surface area contributed by atoms with Gasteiger partial charge in [0.25, 0.3) is 0 Å². The predicted octanol–water partition coefficient (Wildman–Crippen LogP) is 2.34. The van der Waals surface area contributed by atoms with Gasteiger partial charge in [-0.25, -0.2) is 18.4 Å². The van der Waals surface area contributed by atoms with Crippen LogP contribution in [0, 0.1) is 13.8 Å². The molecule has 0 bridgehead atoms. The van der Waals surface area contributed by atoms with E-state index in [1.807, 2.05) is 0 Å². The van der Waals surface area contributed by atoms with Crippen LogP contribution in [0.3, 0.4) is 0 Å². The minimum absolute atomic E-state index is 0.0369. The molecule has 0 unspecified atom stereocenters. The highest BCUT2D eigenvalue weighted by molar-refractivity contribution is 7.89. The molecular formula is C19H20N4O5S. The number of rotatable bonds is 5. The molecule has 0 aliphatic carbocycles. The Morgan fingerprint density at radius 2 is 1.86 bits per heavy atom. The van der Waals surface area contributed by atoms with Crippen LogP contribution >= 0.6 is 0 Å². The van der Waals surface area contributed by atoms with Gasteiger partial charge >= 0.3 is 0 Å². The highest BCUT2D eigenvalue weighted by atomic mass is 32.2. The van der Waals surface area contributed by atoms with Gasteiger partial charge in [-0.3, -0.25) is 0 Å². The number of aryl methyl sites for hydroxylation is 2. The monoisotopic (exact) mass is 416 g/mol. The Bertz CT molecular complexity index is 1160. The quantitative estimate of drug-likeness (QED) is 0.624. The fraction of sp³-hybridized carbons (Fsp3) is 0.316. The average Bonchev–Trinajstić information content (AvgIpc) is 3.13. The minimum atomic E-state index is -3.79. The van der Waals surface area contributed by atoms with E-state index >= 15 is 0 Å². The molecule has 0 amide bonds. The summed E-state index contributed by atoms with van der Waals surface area (Å²) < 4.78 is 43.7. The molecule has 2 aromatic heterocycles. The summed E-state index contributed by atoms with van der Waals surface area (Å²) in [5.74, 6) is 1.97. The van der Waals surface area contributed by atoms with Crippen LogP contribution in [0.4, 0.5) is 0 Å². The van der Waals surface area contributed by atoms with Gasteiger partial charge < -0.3 is 14.0 Å². The zero-order chi connectivity index (χ0) is 20.6. The summed E-state index contributed by atoms with van der Waals surface area (Å²) in [4.78, 5) is 8.75. The van der Waals surface area contributed by atoms with E-state index in [0.29, 0.717) is 53.2 Å². The van der Waals surface area contributed by atoms with Crippen molar-refractivity contribution < 1.29 is 22.4 Å². The van der Waals surface area contributed by atoms with Crippen LogP contribution in [-0.4, -0.2) is 48.1 Å². The molecule has 0 radical (unpaired) electrons. The Morgan fingerprint density at radius 1 is 1.10 bits per heavy atom. The van der Waals surface area contributed by atoms with Gasteiger partial charge in [0.2, 0.25) is 10.0 Å². The highest BCUT2D eigenvalue weighted by Gasteiger charge is 2.26. The van der Waals surface area contributed by atoms with Crippen molar-refractivity contribution in [2.75, 3.05) is 20.3 Å². The number of nitrogens with zero attached hydrogens (tertiary/aromatic N) is 4. The number of sulfonamides is 1. The van der Waals surface area contributed by atoms with Crippen LogP contribution in [0.25, 0.3) is 11.3 Å². The number of fused-ring (bicyclic) bond motifs is 1. The van der Waals surface area contributed by atoms with Gasteiger partial charge in [-0.2, -0.15) is 4.31 Å². The van der Waals surface area contributed by atoms with Crippen molar-refractivity contribution in [3.63, 3.8) is 0 Å². The number of ether oxygens (including phenoxy) is 2. The molecule has 0 N–H and O–H groups in total. The fourth-order valence-electron chi connectivity index (χ4n) is 2.99. The van der Waals surface area contributed by atoms with Crippen LogP contribution in [0.5, 0.6) is 11.5 Å².